The van der Waals surface area contributed by atoms with Crippen LogP contribution in [0.25, 0.3) is 0 Å². The molecule has 0 bridgehead atoms. The van der Waals surface area contributed by atoms with E-state index in [-0.39, 0.29) is 39.6 Å². The molecule has 1 N–H and O–H groups in total. The number of Topliss-reactive ketones (excluding diaryl/α,β-unsaturated/α-hetero) is 3. The van der Waals surface area contributed by atoms with E-state index in [0.717, 1.165) is 31.5 Å². The molecule has 0 aromatic carbocycles. The van der Waals surface area contributed by atoms with E-state index in [9.17, 15) is 14.4 Å². The molecule has 2 heterocycles. The minimum atomic E-state index is -0.153. The van der Waals surface area contributed by atoms with Crippen LogP contribution in [-0.4, -0.2) is 59.5 Å². The third kappa shape index (κ3) is 11.6. The molecule has 0 amide bonds. The second-order valence-electron chi connectivity index (χ2n) is 8.04. The highest BCUT2D eigenvalue weighted by Crippen LogP contribution is 2.29. The molecule has 6 heteroatoms. The summed E-state index contributed by atoms with van der Waals surface area (Å²) in [7, 11) is 3.89. The van der Waals surface area contributed by atoms with Crippen molar-refractivity contribution in [2.24, 2.45) is 0 Å². The van der Waals surface area contributed by atoms with E-state index >= 15 is 0 Å². The van der Waals surface area contributed by atoms with Gasteiger partial charge in [-0.3, -0.25) is 24.3 Å². The second kappa shape index (κ2) is 17.6. The quantitative estimate of drug-likeness (QED) is 0.686. The van der Waals surface area contributed by atoms with Crippen LogP contribution in [-0.2, 0) is 20.8 Å². The number of ketones is 3. The summed E-state index contributed by atoms with van der Waals surface area (Å²) in [6.07, 6.45) is 8.82. The summed E-state index contributed by atoms with van der Waals surface area (Å²) in [4.78, 5) is 38.6. The fourth-order valence-electron chi connectivity index (χ4n) is 3.94. The summed E-state index contributed by atoms with van der Waals surface area (Å²) in [5.41, 5.74) is 0.690. The van der Waals surface area contributed by atoms with Crippen LogP contribution in [0.5, 0.6) is 0 Å². The number of rotatable bonds is 5. The first-order chi connectivity index (χ1) is 13.7. The van der Waals surface area contributed by atoms with Crippen LogP contribution >= 0.6 is 0 Å². The zero-order valence-electron chi connectivity index (χ0n) is 18.7. The van der Waals surface area contributed by atoms with Gasteiger partial charge in [-0.2, -0.15) is 0 Å². The van der Waals surface area contributed by atoms with E-state index in [1.807, 2.05) is 32.3 Å². The molecular weight excluding hydrogens is 402 g/mol. The highest BCUT2D eigenvalue weighted by Gasteiger charge is 2.36. The molecule has 3 rings (SSSR count). The lowest BCUT2D eigenvalue weighted by Gasteiger charge is -2.24. The maximum absolute atomic E-state index is 11.1. The molecule has 0 unspecified atom stereocenters. The number of hydrogen-bond donors (Lipinski definition) is 1. The van der Waals surface area contributed by atoms with Crippen molar-refractivity contribution in [2.75, 3.05) is 20.6 Å². The van der Waals surface area contributed by atoms with Crippen molar-refractivity contribution in [2.45, 2.75) is 99.6 Å². The average molecular weight is 452 g/mol. The normalized spacial score (nSPS) is 18.2. The van der Waals surface area contributed by atoms with Gasteiger partial charge in [-0.25, -0.2) is 0 Å². The number of hydrogen-bond acceptors (Lipinski definition) is 6. The summed E-state index contributed by atoms with van der Waals surface area (Å²) in [5.74, 6) is 0.765. The Kier molecular flexibility index (Phi) is 19.1. The van der Waals surface area contributed by atoms with E-state index in [1.54, 1.807) is 27.0 Å². The zero-order chi connectivity index (χ0) is 21.9. The first-order valence-corrected chi connectivity index (χ1v) is 10.5. The van der Waals surface area contributed by atoms with Gasteiger partial charge in [0.05, 0.1) is 11.6 Å². The molecule has 6 nitrogen and oxygen atoms in total. The minimum absolute atomic E-state index is 0. The molecule has 1 saturated carbocycles. The predicted molar refractivity (Wildman–Crippen MR) is 136 cm³/mol. The van der Waals surface area contributed by atoms with Crippen LogP contribution < -0.4 is 5.32 Å². The third-order valence-corrected chi connectivity index (χ3v) is 5.76. The minimum Gasteiger partial charge on any atom is -0.308 e. The Morgan fingerprint density at radius 1 is 1.06 bits per heavy atom. The lowest BCUT2D eigenvalue weighted by molar-refractivity contribution is -0.123. The van der Waals surface area contributed by atoms with Crippen molar-refractivity contribution in [1.82, 2.24) is 15.2 Å². The summed E-state index contributed by atoms with van der Waals surface area (Å²) in [5, 5.41) is 3.13. The molecule has 1 atom stereocenters. The predicted octanol–water partition coefficient (Wildman–Crippen LogP) is 4.90. The lowest BCUT2D eigenvalue weighted by Crippen LogP contribution is -2.46. The van der Waals surface area contributed by atoms with Gasteiger partial charge in [-0.1, -0.05) is 41.2 Å². The topological polar surface area (TPSA) is 79.4 Å². The van der Waals surface area contributed by atoms with Gasteiger partial charge in [0, 0.05) is 18.3 Å². The van der Waals surface area contributed by atoms with Crippen molar-refractivity contribution >= 4 is 17.3 Å². The fourth-order valence-corrected chi connectivity index (χ4v) is 3.94. The molecule has 1 saturated heterocycles. The molecule has 1 aliphatic heterocycles. The van der Waals surface area contributed by atoms with Crippen LogP contribution in [0.4, 0.5) is 0 Å². The fraction of sp³-hybridized carbons (Fsp3) is 0.692. The number of likely N-dealkylation sites (tertiary alicyclic amines) is 1. The maximum atomic E-state index is 11.1. The van der Waals surface area contributed by atoms with Gasteiger partial charge in [0.1, 0.15) is 17.3 Å². The largest absolute Gasteiger partial charge is 0.308 e. The van der Waals surface area contributed by atoms with Crippen molar-refractivity contribution in [3.63, 3.8) is 0 Å². The molecule has 0 spiro atoms. The van der Waals surface area contributed by atoms with Crippen LogP contribution in [0.1, 0.15) is 87.3 Å². The molecule has 2 aliphatic rings. The van der Waals surface area contributed by atoms with Crippen molar-refractivity contribution < 1.29 is 14.4 Å². The first kappa shape index (κ1) is 34.7. The lowest BCUT2D eigenvalue weighted by atomic mass is 9.93. The van der Waals surface area contributed by atoms with Crippen molar-refractivity contribution in [3.8, 4) is 0 Å². The van der Waals surface area contributed by atoms with E-state index in [1.165, 1.54) is 19.3 Å². The molecule has 32 heavy (non-hydrogen) atoms. The molecule has 1 aromatic rings. The van der Waals surface area contributed by atoms with E-state index in [0.29, 0.717) is 18.0 Å². The summed E-state index contributed by atoms with van der Waals surface area (Å²) in [6.45, 7) is 6.01. The van der Waals surface area contributed by atoms with E-state index in [4.69, 9.17) is 0 Å². The molecule has 186 valence electrons. The van der Waals surface area contributed by atoms with Gasteiger partial charge in [0.2, 0.25) is 0 Å². The number of carbonyl (C=O) groups is 3. The molecule has 1 aliphatic carbocycles. The number of carbonyl (C=O) groups excluding carboxylic acids is 3. The summed E-state index contributed by atoms with van der Waals surface area (Å²) < 4.78 is 0. The highest BCUT2D eigenvalue weighted by atomic mass is 16.1. The van der Waals surface area contributed by atoms with Gasteiger partial charge in [-0.05, 0) is 79.2 Å². The molecule has 2 fully saturated rings. The second-order valence-corrected chi connectivity index (χ2v) is 8.04. The van der Waals surface area contributed by atoms with Crippen LogP contribution in [0.2, 0.25) is 0 Å². The average Bonchev–Trinajstić information content (AvgIpc) is 3.32. The Bertz CT molecular complexity index is 656. The summed E-state index contributed by atoms with van der Waals surface area (Å²) >= 11 is 0. The number of aromatic nitrogens is 1. The standard InChI is InChI=1S/C8H15NO.C8H9NO.C7H13NO.3CH4/c1-7(10)8(9-2)5-3-4-6-8;1-7(10)6-8-4-2-3-5-9-8;1-6(9)7-4-3-5-8(7)2;;;/h9H,3-6H2,1-2H3;2-5H,6H2,1H3;7H,3-5H2,1-2H3;3*1H4/t;;7-;;;/m..0.../s1. The van der Waals surface area contributed by atoms with E-state index in [2.05, 4.69) is 15.2 Å². The molecular formula is C26H49N3O3. The number of pyridine rings is 1. The number of nitrogens with zero attached hydrogens (tertiary/aromatic N) is 2. The SMILES string of the molecule is C.C.C.CC(=O)Cc1ccccn1.CC(=O)[C@@H]1CCCN1C.CNC1(C(C)=O)CCCC1. The van der Waals surface area contributed by atoms with Crippen LogP contribution in [0.15, 0.2) is 24.4 Å². The van der Waals surface area contributed by atoms with Crippen LogP contribution in [0, 0.1) is 0 Å². The van der Waals surface area contributed by atoms with E-state index < -0.39 is 0 Å². The molecule has 1 aromatic heterocycles. The molecule has 0 radical (unpaired) electrons. The van der Waals surface area contributed by atoms with Gasteiger partial charge in [0.15, 0.2) is 0 Å². The van der Waals surface area contributed by atoms with Gasteiger partial charge < -0.3 is 5.32 Å². The van der Waals surface area contributed by atoms with Crippen molar-refractivity contribution in [3.05, 3.63) is 30.1 Å². The Morgan fingerprint density at radius 3 is 1.94 bits per heavy atom. The Hall–Kier alpha value is -1.92. The maximum Gasteiger partial charge on any atom is 0.149 e. The zero-order valence-corrected chi connectivity index (χ0v) is 18.7. The van der Waals surface area contributed by atoms with Crippen molar-refractivity contribution in [1.29, 1.82) is 0 Å². The Labute approximate surface area is 197 Å². The monoisotopic (exact) mass is 451 g/mol. The van der Waals surface area contributed by atoms with Gasteiger partial charge in [-0.15, -0.1) is 0 Å². The number of nitrogens with one attached hydrogen (secondary N) is 1. The smallest absolute Gasteiger partial charge is 0.149 e. The first-order valence-electron chi connectivity index (χ1n) is 10.5. The highest BCUT2D eigenvalue weighted by molar-refractivity contribution is 5.86. The Morgan fingerprint density at radius 2 is 1.66 bits per heavy atom. The Balaban J connectivity index is -0.000000377. The van der Waals surface area contributed by atoms with Crippen LogP contribution in [0.3, 0.4) is 0 Å². The van der Waals surface area contributed by atoms with Gasteiger partial charge >= 0.3 is 0 Å². The van der Waals surface area contributed by atoms with Gasteiger partial charge in [0.25, 0.3) is 0 Å². The summed E-state index contributed by atoms with van der Waals surface area (Å²) in [6, 6.07) is 5.79. The third-order valence-electron chi connectivity index (χ3n) is 5.76. The number of likely N-dealkylation sites (N-methyl/N-ethyl adjacent to an activating group) is 2.